The van der Waals surface area contributed by atoms with Crippen molar-refractivity contribution in [3.8, 4) is 89.8 Å². The maximum atomic E-state index is 5.43. The van der Waals surface area contributed by atoms with Gasteiger partial charge in [-0.25, -0.2) is 15.0 Å². The Hall–Kier alpha value is -7.79. The predicted octanol–water partition coefficient (Wildman–Crippen LogP) is 15.4. The van der Waals surface area contributed by atoms with Crippen molar-refractivity contribution < 1.29 is 0 Å². The fourth-order valence-corrected chi connectivity index (χ4v) is 13.7. The topological polar surface area (TPSA) is 38.7 Å². The van der Waals surface area contributed by atoms with Crippen LogP contribution in [-0.4, -0.2) is 23.0 Å². The average Bonchev–Trinajstić information content (AvgIpc) is 3.94. The van der Waals surface area contributed by atoms with E-state index in [0.29, 0.717) is 17.5 Å². The van der Waals surface area contributed by atoms with Crippen LogP contribution in [-0.2, 0) is 10.8 Å². The normalized spacial score (nSPS) is 14.2. The minimum Gasteiger partial charge on any atom is -0.208 e. The second-order valence-corrected chi connectivity index (χ2v) is 25.3. The van der Waals surface area contributed by atoms with Crippen LogP contribution >= 0.6 is 0 Å². The fraction of sp³-hybridized carbons (Fsp3) is 0.109. The van der Waals surface area contributed by atoms with Gasteiger partial charge in [0, 0.05) is 22.1 Å². The highest BCUT2D eigenvalue weighted by molar-refractivity contribution is 6.89. The molecule has 10 aromatic rings. The molecular weight excluding hydrogens is 839 g/mol. The number of rotatable bonds is 6. The van der Waals surface area contributed by atoms with Gasteiger partial charge in [0.05, 0.1) is 13.5 Å². The van der Waals surface area contributed by atoms with Crippen LogP contribution in [0.3, 0.4) is 0 Å². The Balaban J connectivity index is 0.957. The summed E-state index contributed by atoms with van der Waals surface area (Å²) in [6.45, 7) is 12.1. The standard InChI is InChI=1S/C64H49N3Si/c1-63(2)52-30-15-14-29-49(52)58-57(68(3,4)5)37-35-50(59(58)63)62-66-60(40-20-7-6-8-21-40)65-61(67-62)43-23-19-22-41(38-43)44-24-9-10-25-45(44)42-34-36-56-51(39-42)48-28-13-18-33-55(48)64(56)53-31-16-11-26-46(53)47-27-12-17-32-54(47)64/h6-39H,1-5H3. The van der Waals surface area contributed by atoms with Crippen LogP contribution in [0.1, 0.15) is 47.2 Å². The van der Waals surface area contributed by atoms with Crippen molar-refractivity contribution in [3.63, 3.8) is 0 Å². The molecule has 0 saturated heterocycles. The molecule has 0 saturated carbocycles. The first-order valence-electron chi connectivity index (χ1n) is 23.9. The lowest BCUT2D eigenvalue weighted by Crippen LogP contribution is -2.39. The summed E-state index contributed by atoms with van der Waals surface area (Å²) in [6, 6.07) is 75.8. The molecule has 0 bridgehead atoms. The monoisotopic (exact) mass is 887 g/mol. The van der Waals surface area contributed by atoms with Gasteiger partial charge >= 0.3 is 0 Å². The quantitative estimate of drug-likeness (QED) is 0.156. The molecule has 1 spiro atoms. The van der Waals surface area contributed by atoms with Crippen molar-refractivity contribution >= 4 is 13.3 Å². The van der Waals surface area contributed by atoms with Gasteiger partial charge < -0.3 is 0 Å². The molecule has 4 heteroatoms. The van der Waals surface area contributed by atoms with Crippen molar-refractivity contribution in [2.75, 3.05) is 0 Å². The number of nitrogens with zero attached hydrogens (tertiary/aromatic N) is 3. The maximum absolute atomic E-state index is 5.43. The van der Waals surface area contributed by atoms with E-state index in [9.17, 15) is 0 Å². The third-order valence-electron chi connectivity index (χ3n) is 15.1. The van der Waals surface area contributed by atoms with Crippen LogP contribution in [0, 0.1) is 0 Å². The van der Waals surface area contributed by atoms with Crippen molar-refractivity contribution in [2.24, 2.45) is 0 Å². The molecule has 1 aromatic heterocycles. The molecule has 0 amide bonds. The molecule has 3 aliphatic rings. The minimum atomic E-state index is -1.75. The number of aromatic nitrogens is 3. The molecule has 0 N–H and O–H groups in total. The van der Waals surface area contributed by atoms with Crippen molar-refractivity contribution in [2.45, 2.75) is 44.3 Å². The highest BCUT2D eigenvalue weighted by Crippen LogP contribution is 2.63. The van der Waals surface area contributed by atoms with Gasteiger partial charge in [-0.2, -0.15) is 0 Å². The van der Waals surface area contributed by atoms with E-state index in [-0.39, 0.29) is 10.8 Å². The minimum absolute atomic E-state index is 0.244. The third-order valence-corrected chi connectivity index (χ3v) is 17.1. The molecule has 0 atom stereocenters. The molecule has 68 heavy (non-hydrogen) atoms. The van der Waals surface area contributed by atoms with Gasteiger partial charge in [0.25, 0.3) is 0 Å². The second kappa shape index (κ2) is 14.9. The summed E-state index contributed by atoms with van der Waals surface area (Å²) >= 11 is 0. The molecule has 0 aliphatic heterocycles. The molecule has 9 aromatic carbocycles. The summed E-state index contributed by atoms with van der Waals surface area (Å²) in [5.74, 6) is 2.01. The van der Waals surface area contributed by atoms with Crippen LogP contribution in [0.4, 0.5) is 0 Å². The largest absolute Gasteiger partial charge is 0.208 e. The fourth-order valence-electron chi connectivity index (χ4n) is 12.1. The molecule has 324 valence electrons. The van der Waals surface area contributed by atoms with E-state index >= 15 is 0 Å². The Morgan fingerprint density at radius 1 is 0.324 bits per heavy atom. The summed E-state index contributed by atoms with van der Waals surface area (Å²) in [4.78, 5) is 16.0. The van der Waals surface area contributed by atoms with Gasteiger partial charge in [-0.3, -0.25) is 0 Å². The van der Waals surface area contributed by atoms with E-state index < -0.39 is 8.07 Å². The predicted molar refractivity (Wildman–Crippen MR) is 284 cm³/mol. The number of benzene rings is 9. The van der Waals surface area contributed by atoms with Crippen molar-refractivity contribution in [3.05, 3.63) is 240 Å². The highest BCUT2D eigenvalue weighted by Gasteiger charge is 2.51. The summed E-state index contributed by atoms with van der Waals surface area (Å²) in [5.41, 5.74) is 23.0. The Morgan fingerprint density at radius 3 is 1.40 bits per heavy atom. The average molecular weight is 888 g/mol. The van der Waals surface area contributed by atoms with E-state index in [4.69, 9.17) is 15.0 Å². The lowest BCUT2D eigenvalue weighted by molar-refractivity contribution is 0.661. The lowest BCUT2D eigenvalue weighted by Gasteiger charge is -2.30. The lowest BCUT2D eigenvalue weighted by atomic mass is 9.70. The van der Waals surface area contributed by atoms with E-state index in [1.807, 2.05) is 6.07 Å². The number of hydrogen-bond donors (Lipinski definition) is 0. The zero-order valence-corrected chi connectivity index (χ0v) is 40.0. The molecule has 3 aliphatic carbocycles. The molecular formula is C64H49N3Si. The number of hydrogen-bond acceptors (Lipinski definition) is 3. The first-order valence-corrected chi connectivity index (χ1v) is 27.4. The molecule has 0 fully saturated rings. The maximum Gasteiger partial charge on any atom is 0.164 e. The first-order chi connectivity index (χ1) is 33.1. The smallest absolute Gasteiger partial charge is 0.164 e. The zero-order valence-electron chi connectivity index (χ0n) is 39.0. The van der Waals surface area contributed by atoms with E-state index in [1.165, 1.54) is 83.1 Å². The summed E-state index contributed by atoms with van der Waals surface area (Å²) in [7, 11) is -1.75. The van der Waals surface area contributed by atoms with Gasteiger partial charge in [-0.05, 0) is 101 Å². The molecule has 13 rings (SSSR count). The zero-order chi connectivity index (χ0) is 45.9. The van der Waals surface area contributed by atoms with Gasteiger partial charge in [0.15, 0.2) is 17.5 Å². The Labute approximate surface area is 400 Å². The van der Waals surface area contributed by atoms with Crippen LogP contribution in [0.15, 0.2) is 206 Å². The highest BCUT2D eigenvalue weighted by atomic mass is 28.3. The Kier molecular flexibility index (Phi) is 8.84. The SMILES string of the molecule is CC1(C)c2ccccc2-c2c([Si](C)(C)C)ccc(-c3nc(-c4ccccc4)nc(-c4cccc(-c5ccccc5-c5ccc6c(c5)-c5ccccc5C65c6ccccc6-c6ccccc65)c4)n3)c21. The Morgan fingerprint density at radius 2 is 0.779 bits per heavy atom. The molecule has 1 heterocycles. The van der Waals surface area contributed by atoms with E-state index in [0.717, 1.165) is 27.8 Å². The van der Waals surface area contributed by atoms with Gasteiger partial charge in [-0.1, -0.05) is 233 Å². The van der Waals surface area contributed by atoms with E-state index in [1.54, 1.807) is 0 Å². The molecule has 3 nitrogen and oxygen atoms in total. The van der Waals surface area contributed by atoms with Gasteiger partial charge in [-0.15, -0.1) is 0 Å². The first kappa shape index (κ1) is 40.5. The van der Waals surface area contributed by atoms with Gasteiger partial charge in [0.2, 0.25) is 0 Å². The third kappa shape index (κ3) is 5.80. The van der Waals surface area contributed by atoms with Gasteiger partial charge in [0.1, 0.15) is 0 Å². The molecule has 0 radical (unpaired) electrons. The second-order valence-electron chi connectivity index (χ2n) is 20.3. The van der Waals surface area contributed by atoms with Crippen LogP contribution < -0.4 is 5.19 Å². The van der Waals surface area contributed by atoms with Crippen LogP contribution in [0.25, 0.3) is 89.8 Å². The van der Waals surface area contributed by atoms with E-state index in [2.05, 4.69) is 234 Å². The Bertz CT molecular complexity index is 3660. The van der Waals surface area contributed by atoms with Crippen LogP contribution in [0.2, 0.25) is 19.6 Å². The summed E-state index contributed by atoms with van der Waals surface area (Å²) < 4.78 is 0. The van der Waals surface area contributed by atoms with Crippen molar-refractivity contribution in [1.29, 1.82) is 0 Å². The molecule has 0 unspecified atom stereocenters. The van der Waals surface area contributed by atoms with Crippen molar-refractivity contribution in [1.82, 2.24) is 15.0 Å². The number of fused-ring (bicyclic) bond motifs is 13. The summed E-state index contributed by atoms with van der Waals surface area (Å²) in [5, 5.41) is 1.47. The van der Waals surface area contributed by atoms with Crippen LogP contribution in [0.5, 0.6) is 0 Å². The summed E-state index contributed by atoms with van der Waals surface area (Å²) in [6.07, 6.45) is 0.